The molecule has 0 aliphatic carbocycles. The van der Waals surface area contributed by atoms with Crippen LogP contribution in [0, 0.1) is 0 Å². The Labute approximate surface area is 139 Å². The molecule has 1 aromatic carbocycles. The summed E-state index contributed by atoms with van der Waals surface area (Å²) in [6, 6.07) is 5.97. The fourth-order valence-corrected chi connectivity index (χ4v) is 2.81. The average Bonchev–Trinajstić information content (AvgIpc) is 2.59. The van der Waals surface area contributed by atoms with E-state index in [1.165, 1.54) is 25.7 Å². The van der Waals surface area contributed by atoms with Crippen LogP contribution in [0.2, 0.25) is 0 Å². The number of hydrogen-bond acceptors (Lipinski definition) is 4. The summed E-state index contributed by atoms with van der Waals surface area (Å²) in [7, 11) is 0. The molecular formula is C19H27N3O. The third-order valence-electron chi connectivity index (χ3n) is 4.17. The van der Waals surface area contributed by atoms with Gasteiger partial charge in [0.05, 0.1) is 11.9 Å². The highest BCUT2D eigenvalue weighted by molar-refractivity contribution is 5.63. The maximum Gasteiger partial charge on any atom is 0.121 e. The molecule has 124 valence electrons. The lowest BCUT2D eigenvalue weighted by atomic mass is 9.95. The van der Waals surface area contributed by atoms with Crippen molar-refractivity contribution in [3.63, 3.8) is 0 Å². The number of aromatic hydroxyl groups is 1. The Morgan fingerprint density at radius 3 is 2.00 bits per heavy atom. The number of rotatable bonds is 9. The van der Waals surface area contributed by atoms with Crippen molar-refractivity contribution in [1.82, 2.24) is 15.4 Å². The van der Waals surface area contributed by atoms with Gasteiger partial charge in [0, 0.05) is 5.56 Å². The summed E-state index contributed by atoms with van der Waals surface area (Å²) in [5, 5.41) is 22.2. The van der Waals surface area contributed by atoms with E-state index >= 15 is 0 Å². The Bertz CT molecular complexity index is 568. The van der Waals surface area contributed by atoms with Gasteiger partial charge in [-0.15, -0.1) is 10.2 Å². The second-order valence-corrected chi connectivity index (χ2v) is 6.06. The van der Waals surface area contributed by atoms with Crippen molar-refractivity contribution in [1.29, 1.82) is 0 Å². The van der Waals surface area contributed by atoms with E-state index in [0.29, 0.717) is 5.75 Å². The van der Waals surface area contributed by atoms with Crippen molar-refractivity contribution in [2.75, 3.05) is 0 Å². The largest absolute Gasteiger partial charge is 0.507 e. The summed E-state index contributed by atoms with van der Waals surface area (Å²) in [6.07, 6.45) is 10.4. The quantitative estimate of drug-likeness (QED) is 0.681. The lowest BCUT2D eigenvalue weighted by Gasteiger charge is -2.13. The number of phenolic OH excluding ortho intramolecular Hbond substituents is 1. The van der Waals surface area contributed by atoms with Gasteiger partial charge in [0.2, 0.25) is 0 Å². The zero-order valence-electron chi connectivity index (χ0n) is 14.3. The van der Waals surface area contributed by atoms with Crippen molar-refractivity contribution in [3.05, 3.63) is 35.5 Å². The summed E-state index contributed by atoms with van der Waals surface area (Å²) in [5.41, 5.74) is 3.89. The highest BCUT2D eigenvalue weighted by Gasteiger charge is 2.12. The number of hydrogen-bond donors (Lipinski definition) is 1. The van der Waals surface area contributed by atoms with E-state index in [-0.39, 0.29) is 0 Å². The highest BCUT2D eigenvalue weighted by atomic mass is 16.3. The topological polar surface area (TPSA) is 58.9 Å². The van der Waals surface area contributed by atoms with Crippen LogP contribution in [0.25, 0.3) is 11.3 Å². The number of benzene rings is 1. The molecule has 0 fully saturated rings. The fourth-order valence-electron chi connectivity index (χ4n) is 2.81. The van der Waals surface area contributed by atoms with Crippen LogP contribution in [0.1, 0.15) is 63.5 Å². The van der Waals surface area contributed by atoms with Gasteiger partial charge >= 0.3 is 0 Å². The summed E-state index contributed by atoms with van der Waals surface area (Å²) < 4.78 is 0. The molecule has 0 unspecified atom stereocenters. The SMILES string of the molecule is CCCCCc1cc(-c2ccnnn2)cc(CCCCC)c1O. The molecule has 0 radical (unpaired) electrons. The predicted molar refractivity (Wildman–Crippen MR) is 93.4 cm³/mol. The normalized spacial score (nSPS) is 10.9. The Morgan fingerprint density at radius 2 is 1.52 bits per heavy atom. The molecule has 1 heterocycles. The Morgan fingerprint density at radius 1 is 0.913 bits per heavy atom. The van der Waals surface area contributed by atoms with E-state index in [1.807, 2.05) is 6.07 Å². The zero-order chi connectivity index (χ0) is 16.5. The Kier molecular flexibility index (Phi) is 6.98. The van der Waals surface area contributed by atoms with Gasteiger partial charge < -0.3 is 5.11 Å². The molecule has 0 spiro atoms. The number of unbranched alkanes of at least 4 members (excludes halogenated alkanes) is 4. The van der Waals surface area contributed by atoms with Crippen LogP contribution in [-0.4, -0.2) is 20.5 Å². The summed E-state index contributed by atoms with van der Waals surface area (Å²) in [4.78, 5) is 0. The van der Waals surface area contributed by atoms with E-state index in [2.05, 4.69) is 41.4 Å². The number of aromatic nitrogens is 3. The summed E-state index contributed by atoms with van der Waals surface area (Å²) in [6.45, 7) is 4.39. The van der Waals surface area contributed by atoms with Gasteiger partial charge in [0.15, 0.2) is 0 Å². The van der Waals surface area contributed by atoms with Gasteiger partial charge in [-0.05, 0) is 60.2 Å². The van der Waals surface area contributed by atoms with E-state index in [4.69, 9.17) is 0 Å². The maximum absolute atomic E-state index is 10.6. The first kappa shape index (κ1) is 17.4. The molecule has 0 saturated heterocycles. The van der Waals surface area contributed by atoms with Crippen LogP contribution in [0.15, 0.2) is 24.4 Å². The number of phenols is 1. The van der Waals surface area contributed by atoms with Crippen LogP contribution in [-0.2, 0) is 12.8 Å². The minimum atomic E-state index is 0.475. The summed E-state index contributed by atoms with van der Waals surface area (Å²) in [5.74, 6) is 0.475. The zero-order valence-corrected chi connectivity index (χ0v) is 14.3. The molecule has 1 N–H and O–H groups in total. The lowest BCUT2D eigenvalue weighted by molar-refractivity contribution is 0.458. The first-order chi connectivity index (χ1) is 11.3. The van der Waals surface area contributed by atoms with Crippen molar-refractivity contribution in [2.24, 2.45) is 0 Å². The minimum absolute atomic E-state index is 0.475. The molecule has 0 amide bonds. The predicted octanol–water partition coefficient (Wildman–Crippen LogP) is 4.71. The number of nitrogens with zero attached hydrogens (tertiary/aromatic N) is 3. The van der Waals surface area contributed by atoms with Crippen molar-refractivity contribution in [3.8, 4) is 17.0 Å². The van der Waals surface area contributed by atoms with Crippen molar-refractivity contribution < 1.29 is 5.11 Å². The molecular weight excluding hydrogens is 286 g/mol. The van der Waals surface area contributed by atoms with E-state index in [0.717, 1.165) is 48.1 Å². The average molecular weight is 313 g/mol. The van der Waals surface area contributed by atoms with Crippen LogP contribution >= 0.6 is 0 Å². The second kappa shape index (κ2) is 9.23. The van der Waals surface area contributed by atoms with Crippen molar-refractivity contribution in [2.45, 2.75) is 65.2 Å². The van der Waals surface area contributed by atoms with Gasteiger partial charge in [-0.1, -0.05) is 39.5 Å². The first-order valence-corrected chi connectivity index (χ1v) is 8.75. The van der Waals surface area contributed by atoms with Gasteiger partial charge in [-0.3, -0.25) is 0 Å². The monoisotopic (exact) mass is 313 g/mol. The molecule has 4 heteroatoms. The Balaban J connectivity index is 2.30. The standard InChI is InChI=1S/C19H27N3O/c1-3-5-7-9-15-13-17(18-11-12-20-22-21-18)14-16(19(15)23)10-8-6-4-2/h11-14,23H,3-10H2,1-2H3. The van der Waals surface area contributed by atoms with E-state index in [9.17, 15) is 5.11 Å². The van der Waals surface area contributed by atoms with E-state index in [1.54, 1.807) is 6.20 Å². The minimum Gasteiger partial charge on any atom is -0.507 e. The van der Waals surface area contributed by atoms with E-state index < -0.39 is 0 Å². The molecule has 0 bridgehead atoms. The molecule has 23 heavy (non-hydrogen) atoms. The van der Waals surface area contributed by atoms with Crippen LogP contribution in [0.3, 0.4) is 0 Å². The highest BCUT2D eigenvalue weighted by Crippen LogP contribution is 2.31. The molecule has 2 aromatic rings. The lowest BCUT2D eigenvalue weighted by Crippen LogP contribution is -1.97. The first-order valence-electron chi connectivity index (χ1n) is 8.75. The Hall–Kier alpha value is -1.97. The van der Waals surface area contributed by atoms with Gasteiger partial charge in [-0.2, -0.15) is 0 Å². The fraction of sp³-hybridized carbons (Fsp3) is 0.526. The smallest absolute Gasteiger partial charge is 0.121 e. The van der Waals surface area contributed by atoms with Crippen molar-refractivity contribution >= 4 is 0 Å². The maximum atomic E-state index is 10.6. The second-order valence-electron chi connectivity index (χ2n) is 6.06. The van der Waals surface area contributed by atoms with Gasteiger partial charge in [0.25, 0.3) is 0 Å². The molecule has 1 aromatic heterocycles. The molecule has 2 rings (SSSR count). The molecule has 4 nitrogen and oxygen atoms in total. The van der Waals surface area contributed by atoms with Gasteiger partial charge in [0.1, 0.15) is 5.75 Å². The summed E-state index contributed by atoms with van der Waals surface area (Å²) >= 11 is 0. The van der Waals surface area contributed by atoms with Gasteiger partial charge in [-0.25, -0.2) is 0 Å². The molecule has 0 atom stereocenters. The molecule has 0 aliphatic heterocycles. The number of aryl methyl sites for hydroxylation is 2. The van der Waals surface area contributed by atoms with Crippen LogP contribution in [0.5, 0.6) is 5.75 Å². The molecule has 0 aliphatic rings. The van der Waals surface area contributed by atoms with Crippen LogP contribution in [0.4, 0.5) is 0 Å². The molecule has 0 saturated carbocycles. The van der Waals surface area contributed by atoms with Crippen LogP contribution < -0.4 is 0 Å². The third-order valence-corrected chi connectivity index (χ3v) is 4.17. The third kappa shape index (κ3) is 5.02.